The van der Waals surface area contributed by atoms with Gasteiger partial charge in [0.1, 0.15) is 12.6 Å². The van der Waals surface area contributed by atoms with Crippen molar-refractivity contribution in [3.05, 3.63) is 54.1 Å². The van der Waals surface area contributed by atoms with Gasteiger partial charge in [-0.3, -0.25) is 0 Å². The zero-order valence-corrected chi connectivity index (χ0v) is 14.9. The van der Waals surface area contributed by atoms with Crippen LogP contribution in [0.15, 0.2) is 42.7 Å². The molecule has 7 nitrogen and oxygen atoms in total. The van der Waals surface area contributed by atoms with Crippen molar-refractivity contribution >= 4 is 23.5 Å². The molecule has 0 spiro atoms. The monoisotopic (exact) mass is 360 g/mol. The minimum absolute atomic E-state index is 0.206. The highest BCUT2D eigenvalue weighted by Gasteiger charge is 2.36. The van der Waals surface area contributed by atoms with Gasteiger partial charge in [-0.2, -0.15) is 0 Å². The molecule has 1 aliphatic heterocycles. The maximum absolute atomic E-state index is 11.5. The molecule has 0 saturated carbocycles. The van der Waals surface area contributed by atoms with Gasteiger partial charge in [0, 0.05) is 33.0 Å². The zero-order chi connectivity index (χ0) is 17.8. The van der Waals surface area contributed by atoms with E-state index in [1.807, 2.05) is 41.1 Å². The predicted molar refractivity (Wildman–Crippen MR) is 96.2 cm³/mol. The molecule has 25 heavy (non-hydrogen) atoms. The molecule has 1 aliphatic rings. The van der Waals surface area contributed by atoms with Gasteiger partial charge in [-0.25, -0.2) is 9.78 Å². The van der Waals surface area contributed by atoms with Crippen molar-refractivity contribution in [3.8, 4) is 0 Å². The molecule has 0 bridgehead atoms. The fourth-order valence-corrected chi connectivity index (χ4v) is 2.69. The molecule has 1 aromatic heterocycles. The van der Waals surface area contributed by atoms with Gasteiger partial charge < -0.3 is 24.3 Å². The van der Waals surface area contributed by atoms with Crippen molar-refractivity contribution in [3.63, 3.8) is 0 Å². The van der Waals surface area contributed by atoms with E-state index in [9.17, 15) is 4.79 Å². The average molecular weight is 360 g/mol. The number of rotatable bonds is 5. The van der Waals surface area contributed by atoms with Crippen LogP contribution in [0.4, 0.5) is 4.79 Å². The third-order valence-corrected chi connectivity index (χ3v) is 4.31. The van der Waals surface area contributed by atoms with Crippen LogP contribution >= 0.6 is 12.2 Å². The minimum atomic E-state index is -0.542. The Labute approximate surface area is 151 Å². The SMILES string of the molecule is CN(C)C(=S)O[C@H](c1nccn1Cc1ccccc1)[C@@H]1COC(=O)N1. The first-order valence-corrected chi connectivity index (χ1v) is 8.31. The number of hydrogen-bond acceptors (Lipinski definition) is 5. The molecule has 132 valence electrons. The second-order valence-corrected chi connectivity index (χ2v) is 6.30. The smallest absolute Gasteiger partial charge is 0.407 e. The van der Waals surface area contributed by atoms with E-state index in [1.54, 1.807) is 25.2 Å². The van der Waals surface area contributed by atoms with Gasteiger partial charge in [0.2, 0.25) is 0 Å². The Balaban J connectivity index is 1.87. The molecule has 1 saturated heterocycles. The lowest BCUT2D eigenvalue weighted by atomic mass is 10.1. The third-order valence-electron chi connectivity index (χ3n) is 3.85. The van der Waals surface area contributed by atoms with Crippen molar-refractivity contribution < 1.29 is 14.3 Å². The third kappa shape index (κ3) is 4.08. The number of cyclic esters (lactones) is 1. The van der Waals surface area contributed by atoms with Crippen molar-refractivity contribution in [2.45, 2.75) is 18.7 Å². The normalized spacial score (nSPS) is 17.5. The summed E-state index contributed by atoms with van der Waals surface area (Å²) in [5.41, 5.74) is 1.14. The van der Waals surface area contributed by atoms with Crippen LogP contribution in [0.3, 0.4) is 0 Å². The van der Waals surface area contributed by atoms with Gasteiger partial charge in [0.15, 0.2) is 11.9 Å². The molecule has 1 fully saturated rings. The summed E-state index contributed by atoms with van der Waals surface area (Å²) in [6.45, 7) is 0.851. The highest BCUT2D eigenvalue weighted by atomic mass is 32.1. The Morgan fingerprint density at radius 1 is 1.48 bits per heavy atom. The maximum atomic E-state index is 11.5. The lowest BCUT2D eigenvalue weighted by molar-refractivity contribution is 0.114. The Morgan fingerprint density at radius 2 is 2.24 bits per heavy atom. The molecule has 0 aliphatic carbocycles. The van der Waals surface area contributed by atoms with E-state index in [-0.39, 0.29) is 12.6 Å². The molecule has 1 amide bonds. The van der Waals surface area contributed by atoms with Crippen LogP contribution in [-0.4, -0.2) is 52.5 Å². The van der Waals surface area contributed by atoms with E-state index in [0.29, 0.717) is 17.5 Å². The fraction of sp³-hybridized carbons (Fsp3) is 0.353. The zero-order valence-electron chi connectivity index (χ0n) is 14.1. The molecule has 0 unspecified atom stereocenters. The topological polar surface area (TPSA) is 68.6 Å². The largest absolute Gasteiger partial charge is 0.457 e. The molecular weight excluding hydrogens is 340 g/mol. The van der Waals surface area contributed by atoms with Crippen LogP contribution in [0.5, 0.6) is 0 Å². The summed E-state index contributed by atoms with van der Waals surface area (Å²) >= 11 is 5.28. The second-order valence-electron chi connectivity index (χ2n) is 5.95. The van der Waals surface area contributed by atoms with E-state index < -0.39 is 12.2 Å². The van der Waals surface area contributed by atoms with E-state index >= 15 is 0 Å². The molecule has 1 aromatic carbocycles. The Bertz CT molecular complexity index is 747. The highest BCUT2D eigenvalue weighted by molar-refractivity contribution is 7.80. The Kier molecular flexibility index (Phi) is 5.18. The number of benzene rings is 1. The highest BCUT2D eigenvalue weighted by Crippen LogP contribution is 2.24. The molecule has 2 aromatic rings. The molecule has 3 rings (SSSR count). The van der Waals surface area contributed by atoms with Gasteiger partial charge in [-0.1, -0.05) is 30.3 Å². The first-order chi connectivity index (χ1) is 12.0. The molecule has 2 atom stereocenters. The molecule has 8 heteroatoms. The summed E-state index contributed by atoms with van der Waals surface area (Å²) in [7, 11) is 3.61. The van der Waals surface area contributed by atoms with Crippen molar-refractivity contribution in [1.29, 1.82) is 0 Å². The number of alkyl carbamates (subject to hydrolysis) is 1. The first-order valence-electron chi connectivity index (χ1n) is 7.91. The molecule has 2 heterocycles. The van der Waals surface area contributed by atoms with Crippen LogP contribution in [0.1, 0.15) is 17.5 Å². The summed E-state index contributed by atoms with van der Waals surface area (Å²) < 4.78 is 13.0. The number of nitrogens with zero attached hydrogens (tertiary/aromatic N) is 3. The van der Waals surface area contributed by atoms with Gasteiger partial charge in [-0.15, -0.1) is 0 Å². The van der Waals surface area contributed by atoms with Crippen LogP contribution in [-0.2, 0) is 16.0 Å². The van der Waals surface area contributed by atoms with Gasteiger partial charge in [0.25, 0.3) is 5.17 Å². The van der Waals surface area contributed by atoms with Crippen LogP contribution in [0.25, 0.3) is 0 Å². The van der Waals surface area contributed by atoms with Crippen molar-refractivity contribution in [1.82, 2.24) is 19.8 Å². The minimum Gasteiger partial charge on any atom is -0.457 e. The molecule has 0 radical (unpaired) electrons. The summed E-state index contributed by atoms with van der Waals surface area (Å²) in [4.78, 5) is 17.6. The number of imidazole rings is 1. The number of aromatic nitrogens is 2. The standard InChI is InChI=1S/C17H20N4O3S/c1-20(2)17(25)24-14(13-11-23-16(22)19-13)15-18-8-9-21(15)10-12-6-4-3-5-7-12/h3-9,13-14H,10-11H2,1-2H3,(H,19,22)/t13-,14-/m0/s1. The van der Waals surface area contributed by atoms with Gasteiger partial charge >= 0.3 is 6.09 Å². The quantitative estimate of drug-likeness (QED) is 0.822. The van der Waals surface area contributed by atoms with Crippen LogP contribution < -0.4 is 5.32 Å². The number of nitrogens with one attached hydrogen (secondary N) is 1. The first kappa shape index (κ1) is 17.2. The van der Waals surface area contributed by atoms with Crippen LogP contribution in [0, 0.1) is 0 Å². The Morgan fingerprint density at radius 3 is 2.88 bits per heavy atom. The number of carbonyl (C=O) groups excluding carboxylic acids is 1. The average Bonchev–Trinajstić information content (AvgIpc) is 3.22. The predicted octanol–water partition coefficient (Wildman–Crippen LogP) is 1.94. The number of amides is 1. The number of ether oxygens (including phenoxy) is 2. The summed E-state index contributed by atoms with van der Waals surface area (Å²) in [6.07, 6.45) is 2.59. The van der Waals surface area contributed by atoms with Crippen molar-refractivity contribution in [2.75, 3.05) is 20.7 Å². The Hall–Kier alpha value is -2.61. The molecular formula is C17H20N4O3S. The fourth-order valence-electron chi connectivity index (χ4n) is 2.58. The summed E-state index contributed by atoms with van der Waals surface area (Å²) in [6, 6.07) is 9.70. The number of hydrogen-bond donors (Lipinski definition) is 1. The van der Waals surface area contributed by atoms with Crippen molar-refractivity contribution in [2.24, 2.45) is 0 Å². The number of carbonyl (C=O) groups is 1. The maximum Gasteiger partial charge on any atom is 0.407 e. The van der Waals surface area contributed by atoms with E-state index in [4.69, 9.17) is 21.7 Å². The van der Waals surface area contributed by atoms with E-state index in [1.165, 1.54) is 0 Å². The van der Waals surface area contributed by atoms with Crippen LogP contribution in [0.2, 0.25) is 0 Å². The summed E-state index contributed by atoms with van der Waals surface area (Å²) in [5, 5.41) is 3.08. The lowest BCUT2D eigenvalue weighted by Gasteiger charge is -2.26. The summed E-state index contributed by atoms with van der Waals surface area (Å²) in [5.74, 6) is 0.684. The van der Waals surface area contributed by atoms with E-state index in [0.717, 1.165) is 5.56 Å². The number of thiocarbonyl (C=S) groups is 1. The second kappa shape index (κ2) is 7.52. The van der Waals surface area contributed by atoms with Gasteiger partial charge in [0.05, 0.1) is 0 Å². The van der Waals surface area contributed by atoms with Gasteiger partial charge in [-0.05, 0) is 17.8 Å². The molecule has 1 N–H and O–H groups in total. The van der Waals surface area contributed by atoms with E-state index in [2.05, 4.69) is 10.3 Å². The lowest BCUT2D eigenvalue weighted by Crippen LogP contribution is -2.38.